The quantitative estimate of drug-likeness (QED) is 0.180. The molecule has 15 heteroatoms. The Labute approximate surface area is 271 Å². The predicted molar refractivity (Wildman–Crippen MR) is 179 cm³/mol. The van der Waals surface area contributed by atoms with Gasteiger partial charge in [0.15, 0.2) is 0 Å². The molecule has 2 heterocycles. The number of pyridine rings is 1. The number of fused-ring (bicyclic) bond motifs is 2. The maximum Gasteiger partial charge on any atom is 0.265 e. The number of hydrogen-bond acceptors (Lipinski definition) is 10. The molecule has 0 N–H and O–H groups in total. The van der Waals surface area contributed by atoms with Crippen LogP contribution >= 0.6 is 0 Å². The number of rotatable bonds is 12. The Hall–Kier alpha value is -3.69. The summed E-state index contributed by atoms with van der Waals surface area (Å²) in [5.41, 5.74) is -0.382. The molecule has 0 bridgehead atoms. The van der Waals surface area contributed by atoms with Crippen LogP contribution in [0, 0.1) is 0 Å². The average Bonchev–Trinajstić information content (AvgIpc) is 3.19. The van der Waals surface area contributed by atoms with Gasteiger partial charge in [0.2, 0.25) is 20.0 Å². The Kier molecular flexibility index (Phi) is 9.55. The fourth-order valence-electron chi connectivity index (χ4n) is 6.73. The van der Waals surface area contributed by atoms with Crippen LogP contribution in [0.2, 0.25) is 16.6 Å². The number of carbonyl (C=O) groups is 2. The molecule has 1 aliphatic rings. The first-order chi connectivity index (χ1) is 21.3. The van der Waals surface area contributed by atoms with Crippen LogP contribution in [0.15, 0.2) is 36.5 Å². The number of anilines is 1. The van der Waals surface area contributed by atoms with Crippen molar-refractivity contribution in [2.24, 2.45) is 0 Å². The topological polar surface area (TPSA) is 149 Å². The van der Waals surface area contributed by atoms with Crippen molar-refractivity contribution in [2.45, 2.75) is 64.7 Å². The number of amides is 2. The van der Waals surface area contributed by atoms with Crippen LogP contribution in [-0.2, 0) is 26.6 Å². The summed E-state index contributed by atoms with van der Waals surface area (Å²) in [7, 11) is -8.98. The van der Waals surface area contributed by atoms with E-state index in [-0.39, 0.29) is 54.7 Å². The highest BCUT2D eigenvalue weighted by Crippen LogP contribution is 2.50. The number of sulfonamides is 2. The number of carbonyl (C=O) groups excluding carboxylic acids is 2. The zero-order chi connectivity index (χ0) is 34.5. The van der Waals surface area contributed by atoms with Gasteiger partial charge in [-0.15, -0.1) is 0 Å². The van der Waals surface area contributed by atoms with E-state index in [9.17, 15) is 26.4 Å². The zero-order valence-electron chi connectivity index (χ0n) is 27.7. The second kappa shape index (κ2) is 12.5. The van der Waals surface area contributed by atoms with E-state index in [2.05, 4.69) is 46.5 Å². The van der Waals surface area contributed by atoms with Crippen LogP contribution in [-0.4, -0.2) is 73.6 Å². The van der Waals surface area contributed by atoms with E-state index in [4.69, 9.17) is 13.9 Å². The van der Waals surface area contributed by atoms with Gasteiger partial charge >= 0.3 is 0 Å². The summed E-state index contributed by atoms with van der Waals surface area (Å²) in [5, 5.41) is 0.0382. The van der Waals surface area contributed by atoms with E-state index in [1.54, 1.807) is 18.2 Å². The minimum absolute atomic E-state index is 0.0382. The van der Waals surface area contributed by atoms with Crippen LogP contribution in [0.25, 0.3) is 10.9 Å². The lowest BCUT2D eigenvalue weighted by Gasteiger charge is -2.42. The number of nitrogens with zero attached hydrogens (tertiary/aromatic N) is 3. The summed E-state index contributed by atoms with van der Waals surface area (Å²) in [6.07, 6.45) is 2.90. The number of imide groups is 1. The van der Waals surface area contributed by atoms with E-state index in [1.807, 2.05) is 0 Å². The highest BCUT2D eigenvalue weighted by molar-refractivity contribution is 8.09. The minimum atomic E-state index is -4.54. The van der Waals surface area contributed by atoms with Crippen molar-refractivity contribution in [1.82, 2.24) is 9.88 Å². The van der Waals surface area contributed by atoms with Gasteiger partial charge in [0.05, 0.1) is 50.1 Å². The molecule has 0 atom stereocenters. The van der Waals surface area contributed by atoms with E-state index in [0.29, 0.717) is 17.1 Å². The molecular formula is C31H41N3O9S2Si. The molecule has 12 nitrogen and oxygen atoms in total. The first-order valence-electron chi connectivity index (χ1n) is 14.7. The molecule has 0 fully saturated rings. The van der Waals surface area contributed by atoms with E-state index in [0.717, 1.165) is 17.4 Å². The van der Waals surface area contributed by atoms with E-state index < -0.39 is 45.9 Å². The Morgan fingerprint density at radius 1 is 0.848 bits per heavy atom. The van der Waals surface area contributed by atoms with Crippen molar-refractivity contribution in [1.29, 1.82) is 0 Å². The van der Waals surface area contributed by atoms with Gasteiger partial charge in [0.25, 0.3) is 20.1 Å². The molecule has 0 radical (unpaired) electrons. The fraction of sp³-hybridized carbons (Fsp3) is 0.452. The zero-order valence-corrected chi connectivity index (χ0v) is 30.4. The molecule has 0 saturated carbocycles. The van der Waals surface area contributed by atoms with Crippen LogP contribution in [0.3, 0.4) is 0 Å². The summed E-state index contributed by atoms with van der Waals surface area (Å²) in [5.74, 6) is -0.775. The standard InChI is InChI=1S/C31H41N3O9S2Si/c1-18(2)46(19(3)4,20(5)6)43-29-26-25(28(23-12-11-15-32-27(23)29)34(44(9,37)38)45(10,39)40)30(35)33(31(26)36)17-21-13-14-22(41-7)16-24(21)42-8/h11-16,18-20H,17H2,1-10H3. The first-order valence-corrected chi connectivity index (χ1v) is 20.6. The normalized spacial score (nSPS) is 14.1. The summed E-state index contributed by atoms with van der Waals surface area (Å²) >= 11 is 0. The molecule has 250 valence electrons. The largest absolute Gasteiger partial charge is 0.541 e. The molecule has 2 amide bonds. The Balaban J connectivity index is 2.15. The molecule has 0 saturated heterocycles. The van der Waals surface area contributed by atoms with Gasteiger partial charge in [0.1, 0.15) is 22.8 Å². The molecule has 4 rings (SSSR count). The van der Waals surface area contributed by atoms with Crippen LogP contribution in [0.5, 0.6) is 17.2 Å². The van der Waals surface area contributed by atoms with Gasteiger partial charge in [-0.05, 0) is 40.9 Å². The van der Waals surface area contributed by atoms with E-state index in [1.165, 1.54) is 32.5 Å². The van der Waals surface area contributed by atoms with Crippen molar-refractivity contribution < 1.29 is 40.3 Å². The maximum absolute atomic E-state index is 14.5. The van der Waals surface area contributed by atoms with Crippen LogP contribution < -0.4 is 17.6 Å². The molecule has 3 aromatic rings. The number of benzene rings is 2. The van der Waals surface area contributed by atoms with Crippen molar-refractivity contribution in [2.75, 3.05) is 30.4 Å². The van der Waals surface area contributed by atoms with Gasteiger partial charge in [-0.3, -0.25) is 19.5 Å². The van der Waals surface area contributed by atoms with Crippen molar-refractivity contribution in [3.8, 4) is 17.2 Å². The SMILES string of the molecule is COc1ccc(CN2C(=O)c3c(c(O[Si](C(C)C)(C(C)C)C(C)C)c4ncccc4c3N(S(C)(=O)=O)S(C)(=O)=O)C2=O)c(OC)c1. The lowest BCUT2D eigenvalue weighted by molar-refractivity contribution is 0.0641. The minimum Gasteiger partial charge on any atom is -0.541 e. The van der Waals surface area contributed by atoms with Gasteiger partial charge in [-0.25, -0.2) is 16.8 Å². The number of aromatic nitrogens is 1. The van der Waals surface area contributed by atoms with Crippen molar-refractivity contribution in [3.05, 3.63) is 53.2 Å². The Bertz CT molecular complexity index is 1870. The third-order valence-corrected chi connectivity index (χ3v) is 17.7. The molecule has 1 aromatic heterocycles. The average molecular weight is 692 g/mol. The van der Waals surface area contributed by atoms with Gasteiger partial charge in [-0.1, -0.05) is 41.5 Å². The second-order valence-corrected chi connectivity index (χ2v) is 21.6. The van der Waals surface area contributed by atoms with Gasteiger partial charge in [0, 0.05) is 23.2 Å². The summed E-state index contributed by atoms with van der Waals surface area (Å²) in [4.78, 5) is 34.4. The van der Waals surface area contributed by atoms with Crippen molar-refractivity contribution in [3.63, 3.8) is 0 Å². The molecular weight excluding hydrogens is 651 g/mol. The maximum atomic E-state index is 14.5. The highest BCUT2D eigenvalue weighted by Gasteiger charge is 2.51. The van der Waals surface area contributed by atoms with Gasteiger partial charge in [-0.2, -0.15) is 3.71 Å². The summed E-state index contributed by atoms with van der Waals surface area (Å²) < 4.78 is 70.7. The summed E-state index contributed by atoms with van der Waals surface area (Å²) in [6.45, 7) is 12.1. The smallest absolute Gasteiger partial charge is 0.265 e. The number of ether oxygens (including phenoxy) is 2. The molecule has 1 aliphatic heterocycles. The predicted octanol–water partition coefficient (Wildman–Crippen LogP) is 5.33. The Morgan fingerprint density at radius 3 is 1.91 bits per heavy atom. The number of methoxy groups -OCH3 is 2. The van der Waals surface area contributed by atoms with Gasteiger partial charge < -0.3 is 13.9 Å². The lowest BCUT2D eigenvalue weighted by atomic mass is 10.0. The number of hydrogen-bond donors (Lipinski definition) is 0. The molecule has 2 aromatic carbocycles. The molecule has 46 heavy (non-hydrogen) atoms. The third-order valence-electron chi connectivity index (χ3n) is 8.50. The van der Waals surface area contributed by atoms with Crippen molar-refractivity contribution >= 4 is 56.8 Å². The lowest BCUT2D eigenvalue weighted by Crippen LogP contribution is -2.51. The van der Waals surface area contributed by atoms with Crippen LogP contribution in [0.1, 0.15) is 67.8 Å². The molecule has 0 unspecified atom stereocenters. The first kappa shape index (κ1) is 35.2. The highest BCUT2D eigenvalue weighted by atomic mass is 32.3. The Morgan fingerprint density at radius 2 is 1.41 bits per heavy atom. The fourth-order valence-corrected chi connectivity index (χ4v) is 15.0. The third kappa shape index (κ3) is 5.84. The monoisotopic (exact) mass is 691 g/mol. The molecule has 0 aliphatic carbocycles. The van der Waals surface area contributed by atoms with E-state index >= 15 is 0 Å². The molecule has 0 spiro atoms. The van der Waals surface area contributed by atoms with Crippen LogP contribution in [0.4, 0.5) is 5.69 Å². The summed E-state index contributed by atoms with van der Waals surface area (Å²) in [6, 6.07) is 7.88. The second-order valence-electron chi connectivity index (χ2n) is 12.3.